The van der Waals surface area contributed by atoms with E-state index in [9.17, 15) is 5.11 Å². The van der Waals surface area contributed by atoms with E-state index in [-0.39, 0.29) is 11.8 Å². The smallest absolute Gasteiger partial charge is 0.176 e. The fourth-order valence-electron chi connectivity index (χ4n) is 2.99. The van der Waals surface area contributed by atoms with Crippen LogP contribution in [0.4, 0.5) is 0 Å². The van der Waals surface area contributed by atoms with Gasteiger partial charge in [-0.05, 0) is 44.0 Å². The quantitative estimate of drug-likeness (QED) is 0.897. The van der Waals surface area contributed by atoms with Gasteiger partial charge in [-0.1, -0.05) is 18.0 Å². The van der Waals surface area contributed by atoms with Gasteiger partial charge in [-0.25, -0.2) is 0 Å². The van der Waals surface area contributed by atoms with Crippen molar-refractivity contribution in [1.82, 2.24) is 4.90 Å². The molecule has 1 aromatic rings. The highest BCUT2D eigenvalue weighted by atomic mass is 35.5. The van der Waals surface area contributed by atoms with Gasteiger partial charge in [-0.3, -0.25) is 4.90 Å². The Labute approximate surface area is 125 Å². The van der Waals surface area contributed by atoms with Gasteiger partial charge in [0.15, 0.2) is 11.5 Å². The number of rotatable bonds is 4. The second-order valence-electron chi connectivity index (χ2n) is 5.39. The number of aromatic hydroxyl groups is 1. The Morgan fingerprint density at radius 2 is 2.25 bits per heavy atom. The highest BCUT2D eigenvalue weighted by Gasteiger charge is 2.27. The first-order chi connectivity index (χ1) is 9.58. The standard InChI is InChI=1S/C15H23ClN2O2/c1-10-5-3-4-6-18(10)13(9-17)11-7-12(16)15(19)14(8-11)20-2/h7-8,10,13,19H,3-6,9,17H2,1-2H3. The maximum absolute atomic E-state index is 9.84. The van der Waals surface area contributed by atoms with Crippen LogP contribution in [0.15, 0.2) is 12.1 Å². The van der Waals surface area contributed by atoms with Crippen LogP contribution in [0.25, 0.3) is 0 Å². The van der Waals surface area contributed by atoms with E-state index < -0.39 is 0 Å². The van der Waals surface area contributed by atoms with Crippen molar-refractivity contribution in [2.75, 3.05) is 20.2 Å². The molecule has 0 aliphatic carbocycles. The third-order valence-electron chi connectivity index (χ3n) is 4.13. The summed E-state index contributed by atoms with van der Waals surface area (Å²) in [6, 6.07) is 4.24. The number of halogens is 1. The number of phenols is 1. The third-order valence-corrected chi connectivity index (χ3v) is 4.42. The predicted octanol–water partition coefficient (Wildman–Crippen LogP) is 2.93. The Balaban J connectivity index is 2.33. The Hall–Kier alpha value is -0.970. The van der Waals surface area contributed by atoms with Crippen LogP contribution in [0, 0.1) is 0 Å². The minimum atomic E-state index is -0.0135. The first kappa shape index (κ1) is 15.4. The van der Waals surface area contributed by atoms with Crippen LogP contribution in [-0.4, -0.2) is 36.2 Å². The number of piperidine rings is 1. The molecule has 2 rings (SSSR count). The van der Waals surface area contributed by atoms with Gasteiger partial charge < -0.3 is 15.6 Å². The van der Waals surface area contributed by atoms with E-state index in [1.165, 1.54) is 26.4 Å². The average Bonchev–Trinajstić information content (AvgIpc) is 2.45. The zero-order valence-corrected chi connectivity index (χ0v) is 12.9. The average molecular weight is 299 g/mol. The van der Waals surface area contributed by atoms with E-state index in [2.05, 4.69) is 11.8 Å². The Kier molecular flexibility index (Phi) is 5.13. The minimum Gasteiger partial charge on any atom is -0.503 e. The number of likely N-dealkylation sites (tertiary alicyclic amines) is 1. The van der Waals surface area contributed by atoms with E-state index in [1.54, 1.807) is 6.07 Å². The van der Waals surface area contributed by atoms with Crippen LogP contribution in [0.5, 0.6) is 11.5 Å². The summed E-state index contributed by atoms with van der Waals surface area (Å²) in [4.78, 5) is 2.42. The molecule has 1 aliphatic heterocycles. The number of hydrogen-bond donors (Lipinski definition) is 2. The first-order valence-corrected chi connectivity index (χ1v) is 7.48. The van der Waals surface area contributed by atoms with Crippen LogP contribution in [0.3, 0.4) is 0 Å². The number of methoxy groups -OCH3 is 1. The first-order valence-electron chi connectivity index (χ1n) is 7.10. The molecule has 1 saturated heterocycles. The molecule has 0 spiro atoms. The monoisotopic (exact) mass is 298 g/mol. The summed E-state index contributed by atoms with van der Waals surface area (Å²) in [6.45, 7) is 3.81. The van der Waals surface area contributed by atoms with Gasteiger partial charge >= 0.3 is 0 Å². The molecule has 2 unspecified atom stereocenters. The van der Waals surface area contributed by atoms with Gasteiger partial charge in [0.25, 0.3) is 0 Å². The molecule has 0 bridgehead atoms. The molecule has 0 radical (unpaired) electrons. The number of nitrogens with two attached hydrogens (primary N) is 1. The zero-order chi connectivity index (χ0) is 14.7. The van der Waals surface area contributed by atoms with E-state index in [1.807, 2.05) is 6.07 Å². The summed E-state index contributed by atoms with van der Waals surface area (Å²) >= 11 is 6.08. The molecule has 112 valence electrons. The minimum absolute atomic E-state index is 0.0135. The second-order valence-corrected chi connectivity index (χ2v) is 5.79. The van der Waals surface area contributed by atoms with Gasteiger partial charge in [-0.2, -0.15) is 0 Å². The van der Waals surface area contributed by atoms with Gasteiger partial charge in [0, 0.05) is 18.6 Å². The normalized spacial score (nSPS) is 21.7. The molecule has 4 nitrogen and oxygen atoms in total. The van der Waals surface area contributed by atoms with Crippen molar-refractivity contribution in [3.05, 3.63) is 22.7 Å². The summed E-state index contributed by atoms with van der Waals surface area (Å²) < 4.78 is 5.18. The lowest BCUT2D eigenvalue weighted by atomic mass is 9.97. The Bertz CT molecular complexity index is 467. The number of hydrogen-bond acceptors (Lipinski definition) is 4. The summed E-state index contributed by atoms with van der Waals surface area (Å²) in [5, 5.41) is 10.1. The fourth-order valence-corrected chi connectivity index (χ4v) is 3.21. The topological polar surface area (TPSA) is 58.7 Å². The summed E-state index contributed by atoms with van der Waals surface area (Å²) in [6.07, 6.45) is 3.66. The number of ether oxygens (including phenoxy) is 1. The van der Waals surface area contributed by atoms with Gasteiger partial charge in [0.2, 0.25) is 0 Å². The maximum atomic E-state index is 9.84. The van der Waals surface area contributed by atoms with E-state index in [0.29, 0.717) is 23.4 Å². The van der Waals surface area contributed by atoms with Crippen molar-refractivity contribution in [3.63, 3.8) is 0 Å². The van der Waals surface area contributed by atoms with E-state index >= 15 is 0 Å². The van der Waals surface area contributed by atoms with Crippen molar-refractivity contribution in [1.29, 1.82) is 0 Å². The molecule has 1 fully saturated rings. The largest absolute Gasteiger partial charge is 0.503 e. The van der Waals surface area contributed by atoms with Crippen LogP contribution >= 0.6 is 11.6 Å². The van der Waals surface area contributed by atoms with E-state index in [0.717, 1.165) is 12.1 Å². The molecule has 0 saturated carbocycles. The van der Waals surface area contributed by atoms with E-state index in [4.69, 9.17) is 22.1 Å². The molecule has 1 heterocycles. The molecule has 0 amide bonds. The number of nitrogens with zero attached hydrogens (tertiary/aromatic N) is 1. The predicted molar refractivity (Wildman–Crippen MR) is 81.5 cm³/mol. The van der Waals surface area contributed by atoms with Crippen molar-refractivity contribution in [2.24, 2.45) is 5.73 Å². The molecule has 5 heteroatoms. The van der Waals surface area contributed by atoms with Crippen LogP contribution in [0.1, 0.15) is 37.8 Å². The van der Waals surface area contributed by atoms with Crippen molar-refractivity contribution in [2.45, 2.75) is 38.3 Å². The van der Waals surface area contributed by atoms with Crippen LogP contribution in [-0.2, 0) is 0 Å². The maximum Gasteiger partial charge on any atom is 0.176 e. The molecule has 2 atom stereocenters. The van der Waals surface area contributed by atoms with Crippen molar-refractivity contribution >= 4 is 11.6 Å². The molecule has 1 aromatic carbocycles. The second kappa shape index (κ2) is 6.66. The van der Waals surface area contributed by atoms with Gasteiger partial charge in [0.05, 0.1) is 12.1 Å². The Morgan fingerprint density at radius 3 is 2.85 bits per heavy atom. The third kappa shape index (κ3) is 3.03. The fraction of sp³-hybridized carbons (Fsp3) is 0.600. The van der Waals surface area contributed by atoms with Crippen LogP contribution in [0.2, 0.25) is 5.02 Å². The highest BCUT2D eigenvalue weighted by Crippen LogP contribution is 2.38. The van der Waals surface area contributed by atoms with Gasteiger partial charge in [0.1, 0.15) is 0 Å². The summed E-state index contributed by atoms with van der Waals surface area (Å²) in [5.41, 5.74) is 6.99. The molecule has 20 heavy (non-hydrogen) atoms. The Morgan fingerprint density at radius 1 is 1.50 bits per heavy atom. The lowest BCUT2D eigenvalue weighted by Crippen LogP contribution is -2.43. The van der Waals surface area contributed by atoms with Crippen molar-refractivity contribution < 1.29 is 9.84 Å². The molecular formula is C15H23ClN2O2. The molecule has 0 aromatic heterocycles. The van der Waals surface area contributed by atoms with Crippen LogP contribution < -0.4 is 10.5 Å². The van der Waals surface area contributed by atoms with Crippen molar-refractivity contribution in [3.8, 4) is 11.5 Å². The van der Waals surface area contributed by atoms with Gasteiger partial charge in [-0.15, -0.1) is 0 Å². The molecule has 3 N–H and O–H groups in total. The SMILES string of the molecule is COc1cc(C(CN)N2CCCCC2C)cc(Cl)c1O. The number of phenolic OH excluding ortho intramolecular Hbond substituents is 1. The lowest BCUT2D eigenvalue weighted by Gasteiger charge is -2.39. The summed E-state index contributed by atoms with van der Waals surface area (Å²) in [7, 11) is 1.52. The molecule has 1 aliphatic rings. The lowest BCUT2D eigenvalue weighted by molar-refractivity contribution is 0.108. The number of benzene rings is 1. The molecular weight excluding hydrogens is 276 g/mol. The highest BCUT2D eigenvalue weighted by molar-refractivity contribution is 6.32. The summed E-state index contributed by atoms with van der Waals surface area (Å²) in [5.74, 6) is 0.385. The zero-order valence-electron chi connectivity index (χ0n) is 12.1.